The molecule has 138 valence electrons. The third-order valence-electron chi connectivity index (χ3n) is 3.66. The highest BCUT2D eigenvalue weighted by molar-refractivity contribution is 7.16. The summed E-state index contributed by atoms with van der Waals surface area (Å²) < 4.78 is 5.05. The van der Waals surface area contributed by atoms with E-state index in [1.807, 2.05) is 30.3 Å². The van der Waals surface area contributed by atoms with Crippen LogP contribution in [0.4, 0.5) is 5.13 Å². The van der Waals surface area contributed by atoms with Crippen LogP contribution in [0.15, 0.2) is 54.6 Å². The quantitative estimate of drug-likeness (QED) is 0.602. The van der Waals surface area contributed by atoms with E-state index in [1.54, 1.807) is 31.2 Å². The molecule has 0 spiro atoms. The molecular weight excluding hydrogens is 384 g/mol. The van der Waals surface area contributed by atoms with E-state index in [0.29, 0.717) is 28.0 Å². The lowest BCUT2D eigenvalue weighted by Gasteiger charge is -2.02. The fourth-order valence-corrected chi connectivity index (χ4v) is 3.64. The number of carbonyl (C=O) groups excluding carboxylic acids is 2. The number of esters is 1. The topological polar surface area (TPSA) is 68.3 Å². The van der Waals surface area contributed by atoms with Crippen LogP contribution in [0, 0.1) is 0 Å². The Bertz CT molecular complexity index is 957. The monoisotopic (exact) mass is 400 g/mol. The van der Waals surface area contributed by atoms with Crippen LogP contribution < -0.4 is 5.32 Å². The molecule has 0 atom stereocenters. The molecule has 0 fully saturated rings. The van der Waals surface area contributed by atoms with Gasteiger partial charge in [0.2, 0.25) is 0 Å². The van der Waals surface area contributed by atoms with Crippen LogP contribution in [0.3, 0.4) is 0 Å². The summed E-state index contributed by atoms with van der Waals surface area (Å²) in [6, 6.07) is 16.2. The highest BCUT2D eigenvalue weighted by Gasteiger charge is 2.18. The average Bonchev–Trinajstić information content (AvgIpc) is 3.04. The Morgan fingerprint density at radius 1 is 1.15 bits per heavy atom. The summed E-state index contributed by atoms with van der Waals surface area (Å²) in [5, 5.41) is 3.68. The van der Waals surface area contributed by atoms with Crippen molar-refractivity contribution in [2.45, 2.75) is 13.3 Å². The highest BCUT2D eigenvalue weighted by Crippen LogP contribution is 2.32. The molecule has 1 heterocycles. The molecule has 0 aliphatic carbocycles. The zero-order valence-corrected chi connectivity index (χ0v) is 16.1. The summed E-state index contributed by atoms with van der Waals surface area (Å²) in [6.45, 7) is 2.08. The van der Waals surface area contributed by atoms with Crippen molar-refractivity contribution in [2.75, 3.05) is 11.9 Å². The van der Waals surface area contributed by atoms with Gasteiger partial charge in [0.25, 0.3) is 5.91 Å². The normalized spacial score (nSPS) is 10.4. The van der Waals surface area contributed by atoms with Gasteiger partial charge in [-0.05, 0) is 25.1 Å². The summed E-state index contributed by atoms with van der Waals surface area (Å²) in [6.07, 6.45) is 0.1000. The Hall–Kier alpha value is -2.70. The fraction of sp³-hybridized carbons (Fsp3) is 0.150. The smallest absolute Gasteiger partial charge is 0.311 e. The van der Waals surface area contributed by atoms with Crippen LogP contribution in [0.25, 0.3) is 11.3 Å². The van der Waals surface area contributed by atoms with Crippen LogP contribution in [-0.4, -0.2) is 23.5 Å². The number of anilines is 1. The summed E-state index contributed by atoms with van der Waals surface area (Å²) >= 11 is 7.20. The van der Waals surface area contributed by atoms with Crippen molar-refractivity contribution in [3.63, 3.8) is 0 Å². The summed E-state index contributed by atoms with van der Waals surface area (Å²) in [4.78, 5) is 29.7. The molecule has 2 aromatic carbocycles. The van der Waals surface area contributed by atoms with Crippen molar-refractivity contribution in [3.05, 3.63) is 70.1 Å². The van der Waals surface area contributed by atoms with Crippen LogP contribution in [0.5, 0.6) is 0 Å². The third-order valence-corrected chi connectivity index (χ3v) is 4.87. The summed E-state index contributed by atoms with van der Waals surface area (Å²) in [5.74, 6) is -0.639. The lowest BCUT2D eigenvalue weighted by molar-refractivity contribution is -0.142. The van der Waals surface area contributed by atoms with E-state index in [-0.39, 0.29) is 18.3 Å². The molecule has 0 aliphatic heterocycles. The minimum atomic E-state index is -0.328. The molecule has 0 saturated heterocycles. The van der Waals surface area contributed by atoms with Gasteiger partial charge in [0.05, 0.1) is 18.7 Å². The van der Waals surface area contributed by atoms with Crippen LogP contribution in [-0.2, 0) is 16.0 Å². The number of nitrogens with one attached hydrogen (secondary N) is 1. The van der Waals surface area contributed by atoms with Crippen LogP contribution >= 0.6 is 22.9 Å². The van der Waals surface area contributed by atoms with E-state index < -0.39 is 0 Å². The lowest BCUT2D eigenvalue weighted by Crippen LogP contribution is -2.11. The Morgan fingerprint density at radius 3 is 2.63 bits per heavy atom. The standard InChI is InChI=1S/C20H17ClN2O3S/c1-2-26-17(24)12-16-18(13-7-4-3-5-8-13)22-20(27-16)23-19(25)14-9-6-10-15(21)11-14/h3-11H,2,12H2,1H3,(H,22,23,25). The van der Waals surface area contributed by atoms with Crippen molar-refractivity contribution >= 4 is 39.9 Å². The molecule has 5 nitrogen and oxygen atoms in total. The average molecular weight is 401 g/mol. The molecule has 7 heteroatoms. The second-order valence-electron chi connectivity index (χ2n) is 5.60. The zero-order valence-electron chi connectivity index (χ0n) is 14.6. The number of carbonyl (C=O) groups is 2. The maximum atomic E-state index is 12.5. The number of amides is 1. The van der Waals surface area contributed by atoms with Crippen molar-refractivity contribution < 1.29 is 14.3 Å². The van der Waals surface area contributed by atoms with Gasteiger partial charge in [0.15, 0.2) is 5.13 Å². The van der Waals surface area contributed by atoms with Gasteiger partial charge in [-0.25, -0.2) is 4.98 Å². The highest BCUT2D eigenvalue weighted by atomic mass is 35.5. The third kappa shape index (κ3) is 4.93. The first-order chi connectivity index (χ1) is 13.1. The van der Waals surface area contributed by atoms with E-state index in [2.05, 4.69) is 10.3 Å². The van der Waals surface area contributed by atoms with E-state index in [9.17, 15) is 9.59 Å². The number of nitrogens with zero attached hydrogens (tertiary/aromatic N) is 1. The van der Waals surface area contributed by atoms with Gasteiger partial charge >= 0.3 is 5.97 Å². The number of thiazole rings is 1. The Morgan fingerprint density at radius 2 is 1.93 bits per heavy atom. The number of halogens is 1. The molecule has 3 aromatic rings. The Balaban J connectivity index is 1.88. The van der Waals surface area contributed by atoms with Gasteiger partial charge < -0.3 is 4.74 Å². The second kappa shape index (κ2) is 8.79. The van der Waals surface area contributed by atoms with Crippen molar-refractivity contribution in [2.24, 2.45) is 0 Å². The molecule has 1 N–H and O–H groups in total. The number of rotatable bonds is 6. The van der Waals surface area contributed by atoms with Gasteiger partial charge in [-0.1, -0.05) is 48.0 Å². The van der Waals surface area contributed by atoms with Gasteiger partial charge in [0, 0.05) is 21.0 Å². The lowest BCUT2D eigenvalue weighted by atomic mass is 10.1. The minimum Gasteiger partial charge on any atom is -0.466 e. The number of ether oxygens (including phenoxy) is 1. The van der Waals surface area contributed by atoms with Gasteiger partial charge in [-0.2, -0.15) is 0 Å². The van der Waals surface area contributed by atoms with Gasteiger partial charge in [-0.3, -0.25) is 14.9 Å². The van der Waals surface area contributed by atoms with E-state index in [4.69, 9.17) is 16.3 Å². The van der Waals surface area contributed by atoms with E-state index >= 15 is 0 Å². The number of benzene rings is 2. The number of aromatic nitrogens is 1. The zero-order chi connectivity index (χ0) is 19.2. The van der Waals surface area contributed by atoms with E-state index in [0.717, 1.165) is 10.4 Å². The SMILES string of the molecule is CCOC(=O)Cc1sc(NC(=O)c2cccc(Cl)c2)nc1-c1ccccc1. The van der Waals surface area contributed by atoms with E-state index in [1.165, 1.54) is 11.3 Å². The number of hydrogen-bond acceptors (Lipinski definition) is 5. The summed E-state index contributed by atoms with van der Waals surface area (Å²) in [7, 11) is 0. The predicted molar refractivity (Wildman–Crippen MR) is 107 cm³/mol. The first-order valence-corrected chi connectivity index (χ1v) is 9.54. The first kappa shape index (κ1) is 19.1. The van der Waals surface area contributed by atoms with Crippen molar-refractivity contribution in [3.8, 4) is 11.3 Å². The maximum Gasteiger partial charge on any atom is 0.311 e. The second-order valence-corrected chi connectivity index (χ2v) is 7.12. The molecular formula is C20H17ClN2O3S. The summed E-state index contributed by atoms with van der Waals surface area (Å²) in [5.41, 5.74) is 1.97. The van der Waals surface area contributed by atoms with Gasteiger partial charge in [0.1, 0.15) is 0 Å². The molecule has 0 unspecified atom stereocenters. The maximum absolute atomic E-state index is 12.5. The van der Waals surface area contributed by atoms with Crippen LogP contribution in [0.1, 0.15) is 22.2 Å². The molecule has 1 amide bonds. The molecule has 27 heavy (non-hydrogen) atoms. The van der Waals surface area contributed by atoms with Crippen molar-refractivity contribution in [1.29, 1.82) is 0 Å². The molecule has 0 saturated carbocycles. The Kier molecular flexibility index (Phi) is 6.21. The molecule has 3 rings (SSSR count). The fourth-order valence-electron chi connectivity index (χ4n) is 2.49. The van der Waals surface area contributed by atoms with Crippen LogP contribution in [0.2, 0.25) is 5.02 Å². The Labute approximate surface area is 166 Å². The predicted octanol–water partition coefficient (Wildman–Crippen LogP) is 4.82. The van der Waals surface area contributed by atoms with Crippen molar-refractivity contribution in [1.82, 2.24) is 4.98 Å². The molecule has 0 aliphatic rings. The first-order valence-electron chi connectivity index (χ1n) is 8.34. The molecule has 0 bridgehead atoms. The number of hydrogen-bond donors (Lipinski definition) is 1. The largest absolute Gasteiger partial charge is 0.466 e. The molecule has 0 radical (unpaired) electrons. The minimum absolute atomic E-state index is 0.1000. The van der Waals surface area contributed by atoms with Gasteiger partial charge in [-0.15, -0.1) is 11.3 Å². The molecule has 1 aromatic heterocycles.